The van der Waals surface area contributed by atoms with Gasteiger partial charge in [-0.25, -0.2) is 0 Å². The maximum absolute atomic E-state index is 6.20. The number of rotatable bonds is 20. The maximum atomic E-state index is 6.20. The van der Waals surface area contributed by atoms with E-state index >= 15 is 0 Å². The molecular weight excluding hydrogens is 432 g/mol. The average molecular weight is 484 g/mol. The van der Waals surface area contributed by atoms with Crippen molar-refractivity contribution in [2.45, 2.75) is 117 Å². The standard InChI is InChI=1S/C23H51NO5P2/c1-11-21(25-14-4)24(19(9)30-22(12-2,26-15-5)27-16-6)20(10)31-23(13-3,28-17-7)29-18-8/h19-21,30-31H,11-18H2,1-10H3. The van der Waals surface area contributed by atoms with Crippen molar-refractivity contribution in [2.75, 3.05) is 33.0 Å². The zero-order chi connectivity index (χ0) is 23.9. The Hall–Kier alpha value is 0.620. The zero-order valence-corrected chi connectivity index (χ0v) is 23.9. The molecule has 0 aromatic carbocycles. The second kappa shape index (κ2) is 17.1. The lowest BCUT2D eigenvalue weighted by Gasteiger charge is -2.46. The van der Waals surface area contributed by atoms with E-state index in [1.54, 1.807) is 0 Å². The number of hydrogen-bond donors (Lipinski definition) is 0. The van der Waals surface area contributed by atoms with Gasteiger partial charge < -0.3 is 23.7 Å². The molecule has 0 aliphatic carbocycles. The molecule has 0 aromatic rings. The first-order chi connectivity index (χ1) is 14.8. The van der Waals surface area contributed by atoms with E-state index in [9.17, 15) is 0 Å². The van der Waals surface area contributed by atoms with Crippen LogP contribution in [0, 0.1) is 0 Å². The van der Waals surface area contributed by atoms with Crippen LogP contribution in [0.5, 0.6) is 0 Å². The van der Waals surface area contributed by atoms with Crippen molar-refractivity contribution in [3.8, 4) is 0 Å². The van der Waals surface area contributed by atoms with E-state index in [1.165, 1.54) is 0 Å². The fraction of sp³-hybridized carbons (Fsp3) is 1.00. The second-order valence-corrected chi connectivity index (χ2v) is 11.1. The summed E-state index contributed by atoms with van der Waals surface area (Å²) in [5, 5.41) is 0. The third-order valence-electron chi connectivity index (χ3n) is 5.23. The fourth-order valence-corrected chi connectivity index (χ4v) is 7.84. The van der Waals surface area contributed by atoms with Crippen LogP contribution in [0.1, 0.15) is 88.5 Å². The van der Waals surface area contributed by atoms with Crippen LogP contribution >= 0.6 is 17.2 Å². The van der Waals surface area contributed by atoms with E-state index in [4.69, 9.17) is 23.7 Å². The molecule has 0 aliphatic rings. The van der Waals surface area contributed by atoms with Crippen molar-refractivity contribution in [3.63, 3.8) is 0 Å². The minimum atomic E-state index is -0.545. The van der Waals surface area contributed by atoms with Gasteiger partial charge in [-0.3, -0.25) is 4.90 Å². The van der Waals surface area contributed by atoms with Gasteiger partial charge in [0.25, 0.3) is 0 Å². The summed E-state index contributed by atoms with van der Waals surface area (Å²) >= 11 is 0. The summed E-state index contributed by atoms with van der Waals surface area (Å²) in [4.78, 5) is 2.51. The molecule has 0 bridgehead atoms. The molecule has 5 atom stereocenters. The molecule has 0 rings (SSSR count). The highest BCUT2D eigenvalue weighted by molar-refractivity contribution is 7.41. The molecule has 0 aromatic heterocycles. The van der Waals surface area contributed by atoms with Gasteiger partial charge in [-0.1, -0.05) is 20.8 Å². The number of ether oxygens (including phenoxy) is 5. The lowest BCUT2D eigenvalue weighted by molar-refractivity contribution is -0.173. The molecule has 0 fully saturated rings. The molecule has 0 amide bonds. The molecule has 8 heteroatoms. The minimum absolute atomic E-state index is 0.0330. The van der Waals surface area contributed by atoms with Crippen molar-refractivity contribution in [1.29, 1.82) is 0 Å². The van der Waals surface area contributed by atoms with Gasteiger partial charge in [0.2, 0.25) is 0 Å². The second-order valence-electron chi connectivity index (χ2n) is 7.35. The smallest absolute Gasteiger partial charge is 0.184 e. The molecule has 0 saturated carbocycles. The van der Waals surface area contributed by atoms with Gasteiger partial charge in [0.15, 0.2) is 11.1 Å². The van der Waals surface area contributed by atoms with Gasteiger partial charge in [-0.15, -0.1) is 0 Å². The maximum Gasteiger partial charge on any atom is 0.184 e. The molecule has 0 aliphatic heterocycles. The minimum Gasteiger partial charge on any atom is -0.363 e. The molecule has 0 N–H and O–H groups in total. The predicted molar refractivity (Wildman–Crippen MR) is 136 cm³/mol. The normalized spacial score (nSPS) is 16.7. The molecule has 6 nitrogen and oxygen atoms in total. The third-order valence-corrected chi connectivity index (χ3v) is 8.83. The molecule has 31 heavy (non-hydrogen) atoms. The Balaban J connectivity index is 5.91. The number of hydrogen-bond acceptors (Lipinski definition) is 6. The van der Waals surface area contributed by atoms with Crippen LogP contribution in [-0.2, 0) is 23.7 Å². The Kier molecular flexibility index (Phi) is 17.5. The fourth-order valence-electron chi connectivity index (χ4n) is 4.02. The first-order valence-electron chi connectivity index (χ1n) is 12.3. The topological polar surface area (TPSA) is 49.4 Å². The molecular formula is C23H51NO5P2. The van der Waals surface area contributed by atoms with Crippen LogP contribution in [-0.4, -0.2) is 66.8 Å². The molecule has 5 unspecified atom stereocenters. The van der Waals surface area contributed by atoms with Crippen LogP contribution in [0.3, 0.4) is 0 Å². The van der Waals surface area contributed by atoms with Crippen LogP contribution in [0.4, 0.5) is 0 Å². The largest absolute Gasteiger partial charge is 0.363 e. The van der Waals surface area contributed by atoms with Crippen molar-refractivity contribution < 1.29 is 23.7 Å². The Labute approximate surface area is 196 Å². The number of nitrogens with zero attached hydrogens (tertiary/aromatic N) is 1. The highest BCUT2D eigenvalue weighted by Gasteiger charge is 2.40. The molecule has 188 valence electrons. The SMILES string of the molecule is CCOC(CC)N(C(C)PC(CC)(OCC)OCC)C(C)PC(CC)(OCC)OCC. The van der Waals surface area contributed by atoms with Gasteiger partial charge in [-0.2, -0.15) is 0 Å². The van der Waals surface area contributed by atoms with E-state index in [0.717, 1.165) is 19.3 Å². The van der Waals surface area contributed by atoms with E-state index in [-0.39, 0.29) is 17.8 Å². The highest BCUT2D eigenvalue weighted by Crippen LogP contribution is 2.48. The van der Waals surface area contributed by atoms with E-state index < -0.39 is 11.1 Å². The lowest BCUT2D eigenvalue weighted by atomic mass is 10.3. The molecule has 0 saturated heterocycles. The molecule has 0 radical (unpaired) electrons. The van der Waals surface area contributed by atoms with Gasteiger partial charge in [-0.05, 0) is 72.0 Å². The van der Waals surface area contributed by atoms with Gasteiger partial charge >= 0.3 is 0 Å². The Morgan fingerprint density at radius 1 is 0.613 bits per heavy atom. The summed E-state index contributed by atoms with van der Waals surface area (Å²) in [6.45, 7) is 24.5. The van der Waals surface area contributed by atoms with Gasteiger partial charge in [0, 0.05) is 57.4 Å². The lowest BCUT2D eigenvalue weighted by Crippen LogP contribution is -2.49. The summed E-state index contributed by atoms with van der Waals surface area (Å²) < 4.78 is 30.9. The van der Waals surface area contributed by atoms with E-state index in [0.29, 0.717) is 50.2 Å². The Morgan fingerprint density at radius 2 is 0.968 bits per heavy atom. The van der Waals surface area contributed by atoms with Crippen molar-refractivity contribution >= 4 is 17.2 Å². The summed E-state index contributed by atoms with van der Waals surface area (Å²) in [5.41, 5.74) is -1.09. The summed E-state index contributed by atoms with van der Waals surface area (Å²) in [6.07, 6.45) is 2.60. The summed E-state index contributed by atoms with van der Waals surface area (Å²) in [6, 6.07) is 0. The first kappa shape index (κ1) is 31.6. The first-order valence-corrected chi connectivity index (χ1v) is 14.4. The monoisotopic (exact) mass is 483 g/mol. The van der Waals surface area contributed by atoms with Crippen molar-refractivity contribution in [3.05, 3.63) is 0 Å². The Morgan fingerprint density at radius 3 is 1.19 bits per heavy atom. The zero-order valence-electron chi connectivity index (χ0n) is 21.9. The third kappa shape index (κ3) is 10.2. The highest BCUT2D eigenvalue weighted by atomic mass is 31.1. The van der Waals surface area contributed by atoms with Crippen LogP contribution in [0.25, 0.3) is 0 Å². The Bertz CT molecular complexity index is 400. The van der Waals surface area contributed by atoms with Crippen LogP contribution in [0.15, 0.2) is 0 Å². The van der Waals surface area contributed by atoms with E-state index in [1.807, 2.05) is 27.7 Å². The predicted octanol–water partition coefficient (Wildman–Crippen LogP) is 6.38. The average Bonchev–Trinajstić information content (AvgIpc) is 2.73. The van der Waals surface area contributed by atoms with Crippen molar-refractivity contribution in [2.24, 2.45) is 0 Å². The summed E-state index contributed by atoms with van der Waals surface area (Å²) in [5.74, 6) is 0.463. The van der Waals surface area contributed by atoms with Gasteiger partial charge in [0.05, 0.1) is 0 Å². The van der Waals surface area contributed by atoms with Gasteiger partial charge in [0.1, 0.15) is 6.23 Å². The van der Waals surface area contributed by atoms with Crippen LogP contribution < -0.4 is 0 Å². The quantitative estimate of drug-likeness (QED) is 0.148. The van der Waals surface area contributed by atoms with Crippen LogP contribution in [0.2, 0.25) is 0 Å². The summed E-state index contributed by atoms with van der Waals surface area (Å²) in [7, 11) is 0.935. The molecule has 0 heterocycles. The molecule has 0 spiro atoms. The van der Waals surface area contributed by atoms with E-state index in [2.05, 4.69) is 46.4 Å². The van der Waals surface area contributed by atoms with Crippen molar-refractivity contribution in [1.82, 2.24) is 4.90 Å².